The van der Waals surface area contributed by atoms with Gasteiger partial charge in [-0.2, -0.15) is 0 Å². The summed E-state index contributed by atoms with van der Waals surface area (Å²) < 4.78 is 24.2. The second kappa shape index (κ2) is 7.86. The molecule has 1 fully saturated rings. The van der Waals surface area contributed by atoms with Crippen molar-refractivity contribution in [2.45, 2.75) is 24.9 Å². The highest BCUT2D eigenvalue weighted by atomic mass is 35.5. The maximum Gasteiger partial charge on any atom is 0.164 e. The minimum absolute atomic E-state index is 0.120. The summed E-state index contributed by atoms with van der Waals surface area (Å²) in [6, 6.07) is 17.7. The average Bonchev–Trinajstić information content (AvgIpc) is 3.10. The van der Waals surface area contributed by atoms with E-state index in [0.29, 0.717) is 5.02 Å². The van der Waals surface area contributed by atoms with Gasteiger partial charge in [0.25, 0.3) is 0 Å². The third kappa shape index (κ3) is 4.33. The van der Waals surface area contributed by atoms with E-state index in [1.54, 1.807) is 11.8 Å². The minimum atomic E-state index is -3.03. The van der Waals surface area contributed by atoms with E-state index in [9.17, 15) is 8.42 Å². The number of benzene rings is 2. The van der Waals surface area contributed by atoms with Crippen LogP contribution in [0.15, 0.2) is 59.6 Å². The topological polar surface area (TPSA) is 49.7 Å². The number of hydrogen-bond donors (Lipinski definition) is 0. The molecule has 1 saturated heterocycles. The number of thioether (sulfide) groups is 1. The van der Waals surface area contributed by atoms with E-state index in [-0.39, 0.29) is 23.6 Å². The lowest BCUT2D eigenvalue weighted by molar-refractivity contribution is 0.601. The van der Waals surface area contributed by atoms with Crippen molar-refractivity contribution >= 4 is 44.1 Å². The van der Waals surface area contributed by atoms with Crippen molar-refractivity contribution in [1.82, 2.24) is 0 Å². The predicted molar refractivity (Wildman–Crippen MR) is 115 cm³/mol. The van der Waals surface area contributed by atoms with Crippen LogP contribution in [0.3, 0.4) is 0 Å². The van der Waals surface area contributed by atoms with Gasteiger partial charge in [-0.1, -0.05) is 59.8 Å². The molecule has 0 aromatic heterocycles. The quantitative estimate of drug-likeness (QED) is 0.685. The van der Waals surface area contributed by atoms with Gasteiger partial charge in [0, 0.05) is 16.5 Å². The summed E-state index contributed by atoms with van der Waals surface area (Å²) in [7, 11) is -3.03. The molecule has 0 N–H and O–H groups in total. The van der Waals surface area contributed by atoms with Crippen molar-refractivity contribution < 1.29 is 8.42 Å². The van der Waals surface area contributed by atoms with E-state index in [4.69, 9.17) is 16.6 Å². The molecule has 0 radical (unpaired) electrons. The van der Waals surface area contributed by atoms with Crippen LogP contribution in [0, 0.1) is 0 Å². The molecule has 2 aromatic carbocycles. The number of anilines is 1. The van der Waals surface area contributed by atoms with Crippen molar-refractivity contribution in [1.29, 1.82) is 0 Å². The van der Waals surface area contributed by atoms with E-state index in [0.717, 1.165) is 29.4 Å². The predicted octanol–water partition coefficient (Wildman–Crippen LogP) is 4.05. The third-order valence-corrected chi connectivity index (χ3v) is 7.86. The highest BCUT2D eigenvalue weighted by molar-refractivity contribution is 8.14. The van der Waals surface area contributed by atoms with Crippen LogP contribution in [0.4, 0.5) is 5.69 Å². The Kier molecular flexibility index (Phi) is 5.48. The molecule has 0 aliphatic carbocycles. The zero-order chi connectivity index (χ0) is 18.9. The fourth-order valence-corrected chi connectivity index (χ4v) is 6.74. The summed E-state index contributed by atoms with van der Waals surface area (Å²) in [6.45, 7) is 0. The molecule has 2 atom stereocenters. The lowest BCUT2D eigenvalue weighted by atomic mass is 10.1. The van der Waals surface area contributed by atoms with Gasteiger partial charge >= 0.3 is 0 Å². The molecule has 4 rings (SSSR count). The van der Waals surface area contributed by atoms with Gasteiger partial charge in [-0.25, -0.2) is 8.42 Å². The van der Waals surface area contributed by atoms with Gasteiger partial charge in [-0.05, 0) is 36.6 Å². The van der Waals surface area contributed by atoms with E-state index in [1.807, 2.05) is 30.3 Å². The molecule has 0 spiro atoms. The van der Waals surface area contributed by atoms with Crippen LogP contribution in [0.2, 0.25) is 5.02 Å². The van der Waals surface area contributed by atoms with Gasteiger partial charge in [0.05, 0.1) is 23.6 Å². The van der Waals surface area contributed by atoms with Crippen LogP contribution in [-0.2, 0) is 16.3 Å². The van der Waals surface area contributed by atoms with E-state index in [1.165, 1.54) is 5.56 Å². The normalized spacial score (nSPS) is 23.3. The van der Waals surface area contributed by atoms with Crippen molar-refractivity contribution in [2.24, 2.45) is 4.99 Å². The zero-order valence-corrected chi connectivity index (χ0v) is 17.2. The molecule has 0 saturated carbocycles. The van der Waals surface area contributed by atoms with Crippen LogP contribution >= 0.6 is 23.4 Å². The number of fused-ring (bicyclic) bond motifs is 1. The molecule has 2 heterocycles. The van der Waals surface area contributed by atoms with Crippen LogP contribution in [0.1, 0.15) is 12.0 Å². The number of aliphatic imine (C=N–C) groups is 1. The summed E-state index contributed by atoms with van der Waals surface area (Å²) in [5, 5.41) is 1.56. The first-order chi connectivity index (χ1) is 13.0. The summed E-state index contributed by atoms with van der Waals surface area (Å²) >= 11 is 7.88. The number of hydrogen-bond acceptors (Lipinski definition) is 5. The van der Waals surface area contributed by atoms with Gasteiger partial charge < -0.3 is 4.90 Å². The Morgan fingerprint density at radius 2 is 1.93 bits per heavy atom. The van der Waals surface area contributed by atoms with E-state index in [2.05, 4.69) is 29.2 Å². The van der Waals surface area contributed by atoms with Crippen molar-refractivity contribution in [3.05, 3.63) is 65.2 Å². The second-order valence-electron chi connectivity index (χ2n) is 6.91. The fourth-order valence-electron chi connectivity index (χ4n) is 3.65. The molecule has 0 unspecified atom stereocenters. The molecule has 4 nitrogen and oxygen atoms in total. The monoisotopic (exact) mass is 420 g/mol. The molecule has 0 amide bonds. The fraction of sp³-hybridized carbons (Fsp3) is 0.350. The molecule has 2 aliphatic heterocycles. The number of aryl methyl sites for hydroxylation is 1. The Morgan fingerprint density at radius 3 is 2.70 bits per heavy atom. The Hall–Kier alpha value is -1.50. The molecular formula is C20H21ClN2O2S2. The van der Waals surface area contributed by atoms with Crippen LogP contribution in [0.5, 0.6) is 0 Å². The first-order valence-electron chi connectivity index (χ1n) is 9.02. The highest BCUT2D eigenvalue weighted by Gasteiger charge is 2.47. The lowest BCUT2D eigenvalue weighted by Crippen LogP contribution is -2.39. The first-order valence-corrected chi connectivity index (χ1v) is 12.2. The summed E-state index contributed by atoms with van der Waals surface area (Å²) in [5.41, 5.74) is 2.25. The zero-order valence-electron chi connectivity index (χ0n) is 14.8. The van der Waals surface area contributed by atoms with Gasteiger partial charge in [-0.15, -0.1) is 0 Å². The molecular weight excluding hydrogens is 400 g/mol. The van der Waals surface area contributed by atoms with E-state index < -0.39 is 9.84 Å². The number of sulfone groups is 1. The Balaban J connectivity index is 1.47. The Bertz CT molecular complexity index is 947. The number of halogens is 1. The van der Waals surface area contributed by atoms with Crippen molar-refractivity contribution in [2.75, 3.05) is 22.2 Å². The lowest BCUT2D eigenvalue weighted by Gasteiger charge is -2.26. The van der Waals surface area contributed by atoms with Crippen LogP contribution in [0.25, 0.3) is 0 Å². The summed E-state index contributed by atoms with van der Waals surface area (Å²) in [6.07, 6.45) is 2.07. The van der Waals surface area contributed by atoms with Gasteiger partial charge in [0.2, 0.25) is 0 Å². The van der Waals surface area contributed by atoms with Crippen LogP contribution < -0.4 is 4.90 Å². The smallest absolute Gasteiger partial charge is 0.164 e. The average molecular weight is 421 g/mol. The first kappa shape index (κ1) is 18.8. The third-order valence-electron chi connectivity index (χ3n) is 4.88. The van der Waals surface area contributed by atoms with Gasteiger partial charge in [-0.3, -0.25) is 4.99 Å². The van der Waals surface area contributed by atoms with Gasteiger partial charge in [0.1, 0.15) is 0 Å². The summed E-state index contributed by atoms with van der Waals surface area (Å²) in [5.74, 6) is 1.24. The highest BCUT2D eigenvalue weighted by Crippen LogP contribution is 2.36. The molecule has 2 aliphatic rings. The summed E-state index contributed by atoms with van der Waals surface area (Å²) in [4.78, 5) is 6.84. The standard InChI is InChI=1S/C20H21ClN2O2S2/c21-16-9-4-10-17(12-16)23-19-14-27(24,25)13-18(19)22-20(23)26-11-5-8-15-6-2-1-3-7-15/h1-4,6-7,9-10,12,18-19H,5,8,11,13-14H2/t18-,19+/m1/s1. The van der Waals surface area contributed by atoms with Crippen LogP contribution in [-0.4, -0.2) is 42.9 Å². The largest absolute Gasteiger partial charge is 0.315 e. The molecule has 7 heteroatoms. The number of rotatable bonds is 5. The maximum absolute atomic E-state index is 12.1. The van der Waals surface area contributed by atoms with Crippen molar-refractivity contribution in [3.63, 3.8) is 0 Å². The molecule has 2 aromatic rings. The Labute approximate surface area is 169 Å². The number of amidine groups is 1. The van der Waals surface area contributed by atoms with Crippen molar-refractivity contribution in [3.8, 4) is 0 Å². The van der Waals surface area contributed by atoms with Gasteiger partial charge in [0.15, 0.2) is 15.0 Å². The maximum atomic E-state index is 12.1. The van der Waals surface area contributed by atoms with E-state index >= 15 is 0 Å². The molecule has 27 heavy (non-hydrogen) atoms. The Morgan fingerprint density at radius 1 is 1.11 bits per heavy atom. The molecule has 142 valence electrons. The molecule has 0 bridgehead atoms. The minimum Gasteiger partial charge on any atom is -0.315 e. The SMILES string of the molecule is O=S1(=O)C[C@H]2N=C(SCCCc3ccccc3)N(c3cccc(Cl)c3)[C@H]2C1. The number of nitrogens with zero attached hydrogens (tertiary/aromatic N) is 2. The second-order valence-corrected chi connectivity index (χ2v) is 10.6.